The van der Waals surface area contributed by atoms with E-state index in [-0.39, 0.29) is 0 Å². The highest BCUT2D eigenvalue weighted by Crippen LogP contribution is 2.33. The molecule has 19 heavy (non-hydrogen) atoms. The Kier molecular flexibility index (Phi) is 3.73. The van der Waals surface area contributed by atoms with Gasteiger partial charge in [-0.1, -0.05) is 36.4 Å². The third-order valence-corrected chi connectivity index (χ3v) is 5.32. The minimum Gasteiger partial charge on any atom is -0.316 e. The van der Waals surface area contributed by atoms with Gasteiger partial charge in [-0.3, -0.25) is 4.99 Å². The molecule has 2 heterocycles. The average molecular weight is 288 g/mol. The molecule has 1 aromatic carbocycles. The van der Waals surface area contributed by atoms with Crippen LogP contribution in [0.1, 0.15) is 10.4 Å². The van der Waals surface area contributed by atoms with Crippen LogP contribution in [-0.4, -0.2) is 17.3 Å². The molecule has 2 N–H and O–H groups in total. The molecule has 0 aliphatic carbocycles. The first-order valence-electron chi connectivity index (χ1n) is 6.33. The molecule has 2 nitrogen and oxygen atoms in total. The summed E-state index contributed by atoms with van der Waals surface area (Å²) in [6.45, 7) is 0.885. The normalized spacial score (nSPS) is 18.1. The summed E-state index contributed by atoms with van der Waals surface area (Å²) < 4.78 is 0. The standard InChI is InChI=1S/C15H16N2S2/c16-15(14-17-8-10-19-14,11-13-7-4-9-18-13)12-5-2-1-3-6-12/h1-7,9H,8,10-11,16H2. The van der Waals surface area contributed by atoms with E-state index in [1.165, 1.54) is 4.88 Å². The van der Waals surface area contributed by atoms with Gasteiger partial charge in [0.2, 0.25) is 0 Å². The molecular weight excluding hydrogens is 272 g/mol. The summed E-state index contributed by atoms with van der Waals surface area (Å²) in [6.07, 6.45) is 0.820. The Balaban J connectivity index is 2.00. The quantitative estimate of drug-likeness (QED) is 0.937. The maximum absolute atomic E-state index is 6.77. The summed E-state index contributed by atoms with van der Waals surface area (Å²) in [5.41, 5.74) is 7.44. The largest absolute Gasteiger partial charge is 0.316 e. The lowest BCUT2D eigenvalue weighted by molar-refractivity contribution is 0.612. The molecule has 0 saturated heterocycles. The molecule has 0 fully saturated rings. The van der Waals surface area contributed by atoms with Gasteiger partial charge in [0.1, 0.15) is 0 Å². The number of benzene rings is 1. The maximum atomic E-state index is 6.77. The zero-order valence-electron chi connectivity index (χ0n) is 10.6. The van der Waals surface area contributed by atoms with Crippen LogP contribution in [0.5, 0.6) is 0 Å². The lowest BCUT2D eigenvalue weighted by Gasteiger charge is -2.29. The summed E-state index contributed by atoms with van der Waals surface area (Å²) in [5.74, 6) is 1.05. The van der Waals surface area contributed by atoms with Gasteiger partial charge in [-0.05, 0) is 17.0 Å². The van der Waals surface area contributed by atoms with Gasteiger partial charge in [-0.15, -0.1) is 23.1 Å². The van der Waals surface area contributed by atoms with Gasteiger partial charge >= 0.3 is 0 Å². The fourth-order valence-electron chi connectivity index (χ4n) is 2.33. The van der Waals surface area contributed by atoms with Crippen LogP contribution in [0.25, 0.3) is 0 Å². The average Bonchev–Trinajstić information content (AvgIpc) is 3.12. The van der Waals surface area contributed by atoms with Crippen molar-refractivity contribution in [1.82, 2.24) is 0 Å². The number of hydrogen-bond donors (Lipinski definition) is 1. The molecule has 4 heteroatoms. The van der Waals surface area contributed by atoms with Gasteiger partial charge in [0, 0.05) is 23.6 Å². The van der Waals surface area contributed by atoms with E-state index in [0.717, 1.165) is 29.3 Å². The van der Waals surface area contributed by atoms with E-state index in [9.17, 15) is 0 Å². The van der Waals surface area contributed by atoms with Crippen molar-refractivity contribution >= 4 is 28.1 Å². The molecule has 3 rings (SSSR count). The molecule has 0 radical (unpaired) electrons. The van der Waals surface area contributed by atoms with Gasteiger partial charge in [-0.2, -0.15) is 0 Å². The molecule has 1 atom stereocenters. The molecule has 98 valence electrons. The van der Waals surface area contributed by atoms with E-state index in [1.807, 2.05) is 18.2 Å². The third kappa shape index (κ3) is 2.61. The predicted octanol–water partition coefficient (Wildman–Crippen LogP) is 3.29. The highest BCUT2D eigenvalue weighted by atomic mass is 32.2. The van der Waals surface area contributed by atoms with E-state index < -0.39 is 5.54 Å². The van der Waals surface area contributed by atoms with Crippen LogP contribution in [0, 0.1) is 0 Å². The van der Waals surface area contributed by atoms with Crippen LogP contribution >= 0.6 is 23.1 Å². The number of thioether (sulfide) groups is 1. The second-order valence-corrected chi connectivity index (χ2v) is 6.74. The van der Waals surface area contributed by atoms with Crippen molar-refractivity contribution in [1.29, 1.82) is 0 Å². The van der Waals surface area contributed by atoms with Crippen molar-refractivity contribution < 1.29 is 0 Å². The van der Waals surface area contributed by atoms with Crippen LogP contribution in [0.2, 0.25) is 0 Å². The first kappa shape index (κ1) is 12.9. The summed E-state index contributed by atoms with van der Waals surface area (Å²) in [4.78, 5) is 5.93. The molecule has 1 unspecified atom stereocenters. The highest BCUT2D eigenvalue weighted by molar-refractivity contribution is 8.14. The molecule has 1 aliphatic rings. The van der Waals surface area contributed by atoms with Crippen molar-refractivity contribution in [3.8, 4) is 0 Å². The summed E-state index contributed by atoms with van der Waals surface area (Å²) in [5, 5.41) is 3.18. The van der Waals surface area contributed by atoms with Crippen LogP contribution in [0.3, 0.4) is 0 Å². The van der Waals surface area contributed by atoms with E-state index in [4.69, 9.17) is 5.73 Å². The van der Waals surface area contributed by atoms with E-state index in [0.29, 0.717) is 0 Å². The second-order valence-electron chi connectivity index (χ2n) is 4.63. The highest BCUT2D eigenvalue weighted by Gasteiger charge is 2.35. The summed E-state index contributed by atoms with van der Waals surface area (Å²) >= 11 is 3.55. The van der Waals surface area contributed by atoms with Crippen LogP contribution in [0.15, 0.2) is 52.8 Å². The van der Waals surface area contributed by atoms with E-state index in [2.05, 4.69) is 34.6 Å². The number of nitrogens with zero attached hydrogens (tertiary/aromatic N) is 1. The number of nitrogens with two attached hydrogens (primary N) is 1. The number of hydrogen-bond acceptors (Lipinski definition) is 4. The summed E-state index contributed by atoms with van der Waals surface area (Å²) in [7, 11) is 0. The predicted molar refractivity (Wildman–Crippen MR) is 85.1 cm³/mol. The zero-order chi connectivity index (χ0) is 13.1. The minimum absolute atomic E-state index is 0.479. The smallest absolute Gasteiger partial charge is 0.0945 e. The van der Waals surface area contributed by atoms with Crippen molar-refractivity contribution in [2.75, 3.05) is 12.3 Å². The molecule has 0 bridgehead atoms. The number of aliphatic imine (C=N–C) groups is 1. The van der Waals surface area contributed by atoms with Crippen molar-refractivity contribution in [2.24, 2.45) is 10.7 Å². The zero-order valence-corrected chi connectivity index (χ0v) is 12.2. The van der Waals surface area contributed by atoms with Gasteiger partial charge in [0.15, 0.2) is 0 Å². The fourth-order valence-corrected chi connectivity index (χ4v) is 4.14. The lowest BCUT2D eigenvalue weighted by atomic mass is 9.88. The fraction of sp³-hybridized carbons (Fsp3) is 0.267. The lowest BCUT2D eigenvalue weighted by Crippen LogP contribution is -2.45. The number of thiophene rings is 1. The van der Waals surface area contributed by atoms with Crippen LogP contribution in [-0.2, 0) is 12.0 Å². The minimum atomic E-state index is -0.479. The van der Waals surface area contributed by atoms with E-state index >= 15 is 0 Å². The summed E-state index contributed by atoms with van der Waals surface area (Å²) in [6, 6.07) is 14.6. The van der Waals surface area contributed by atoms with Gasteiger partial charge in [0.25, 0.3) is 0 Å². The SMILES string of the molecule is NC(Cc1cccs1)(C1=NCCS1)c1ccccc1. The van der Waals surface area contributed by atoms with Crippen LogP contribution in [0.4, 0.5) is 0 Å². The van der Waals surface area contributed by atoms with Crippen molar-refractivity contribution in [2.45, 2.75) is 12.0 Å². The topological polar surface area (TPSA) is 38.4 Å². The maximum Gasteiger partial charge on any atom is 0.0945 e. The molecule has 1 aliphatic heterocycles. The Labute approximate surface area is 121 Å². The Morgan fingerprint density at radius 1 is 1.16 bits per heavy atom. The van der Waals surface area contributed by atoms with Crippen molar-refractivity contribution in [3.63, 3.8) is 0 Å². The van der Waals surface area contributed by atoms with Crippen molar-refractivity contribution in [3.05, 3.63) is 58.3 Å². The molecule has 0 saturated carbocycles. The van der Waals surface area contributed by atoms with E-state index in [1.54, 1.807) is 23.1 Å². The monoisotopic (exact) mass is 288 g/mol. The molecule has 2 aromatic rings. The van der Waals surface area contributed by atoms with Gasteiger partial charge in [-0.25, -0.2) is 0 Å². The Morgan fingerprint density at radius 3 is 2.63 bits per heavy atom. The Bertz CT molecular complexity index is 563. The second kappa shape index (κ2) is 5.49. The first-order chi connectivity index (χ1) is 9.29. The van der Waals surface area contributed by atoms with Crippen LogP contribution < -0.4 is 5.73 Å². The molecule has 1 aromatic heterocycles. The van der Waals surface area contributed by atoms with Gasteiger partial charge in [0.05, 0.1) is 10.6 Å². The van der Waals surface area contributed by atoms with Gasteiger partial charge < -0.3 is 5.73 Å². The molecular formula is C15H16N2S2. The Hall–Kier alpha value is -1.10. The molecule has 0 spiro atoms. The third-order valence-electron chi connectivity index (χ3n) is 3.29. The first-order valence-corrected chi connectivity index (χ1v) is 8.20. The Morgan fingerprint density at radius 2 is 2.00 bits per heavy atom. The molecule has 0 amide bonds. The number of rotatable bonds is 4.